The first-order valence-corrected chi connectivity index (χ1v) is 4.19. The number of halogens is 1. The molecule has 0 fully saturated rings. The zero-order chi connectivity index (χ0) is 7.56. The summed E-state index contributed by atoms with van der Waals surface area (Å²) in [7, 11) is 0. The van der Waals surface area contributed by atoms with Crippen molar-refractivity contribution in [2.24, 2.45) is 0 Å². The maximum atomic E-state index is 11.0. The monoisotopic (exact) mass is 249 g/mol. The van der Waals surface area contributed by atoms with Crippen LogP contribution in [-0.2, 0) is 6.42 Å². The van der Waals surface area contributed by atoms with Crippen molar-refractivity contribution in [3.8, 4) is 0 Å². The van der Waals surface area contributed by atoms with Gasteiger partial charge >= 0.3 is 0 Å². The molecule has 0 radical (unpaired) electrons. The highest BCUT2D eigenvalue weighted by atomic mass is 127. The highest BCUT2D eigenvalue weighted by Gasteiger charge is 1.99. The second-order valence-corrected chi connectivity index (χ2v) is 3.15. The van der Waals surface area contributed by atoms with Crippen molar-refractivity contribution in [2.75, 3.05) is 0 Å². The highest BCUT2D eigenvalue weighted by molar-refractivity contribution is 14.1. The number of pyridine rings is 1. The number of hydrogen-bond donors (Lipinski definition) is 1. The number of hydrogen-bond acceptors (Lipinski definition) is 1. The fraction of sp³-hybridized carbons (Fsp3) is 0.286. The summed E-state index contributed by atoms with van der Waals surface area (Å²) in [4.78, 5) is 13.6. The van der Waals surface area contributed by atoms with Crippen LogP contribution in [0.4, 0.5) is 0 Å². The average Bonchev–Trinajstić information content (AvgIpc) is 1.88. The molecule has 54 valence electrons. The molecule has 0 aliphatic carbocycles. The van der Waals surface area contributed by atoms with Crippen LogP contribution in [0.15, 0.2) is 17.1 Å². The Morgan fingerprint density at radius 1 is 1.70 bits per heavy atom. The van der Waals surface area contributed by atoms with Crippen LogP contribution < -0.4 is 5.56 Å². The summed E-state index contributed by atoms with van der Waals surface area (Å²) in [6, 6.07) is 1.90. The Labute approximate surface area is 72.8 Å². The minimum Gasteiger partial charge on any atom is -0.329 e. The van der Waals surface area contributed by atoms with E-state index in [1.54, 1.807) is 6.20 Å². The Balaban J connectivity index is 3.31. The molecule has 1 aromatic heterocycles. The molecule has 1 aromatic rings. The van der Waals surface area contributed by atoms with Crippen molar-refractivity contribution in [1.82, 2.24) is 4.98 Å². The Morgan fingerprint density at radius 2 is 2.40 bits per heavy atom. The number of aromatic amines is 1. The summed E-state index contributed by atoms with van der Waals surface area (Å²) >= 11 is 2.17. The molecule has 1 rings (SSSR count). The van der Waals surface area contributed by atoms with Gasteiger partial charge in [-0.3, -0.25) is 4.79 Å². The molecule has 0 aliphatic rings. The Kier molecular flexibility index (Phi) is 2.48. The summed E-state index contributed by atoms with van der Waals surface area (Å²) in [5.74, 6) is 0. The minimum absolute atomic E-state index is 0.0365. The van der Waals surface area contributed by atoms with Crippen molar-refractivity contribution in [2.45, 2.75) is 13.3 Å². The van der Waals surface area contributed by atoms with E-state index in [2.05, 4.69) is 27.6 Å². The van der Waals surface area contributed by atoms with E-state index in [1.807, 2.05) is 13.0 Å². The lowest BCUT2D eigenvalue weighted by molar-refractivity contribution is 1.05. The second-order valence-electron chi connectivity index (χ2n) is 1.99. The van der Waals surface area contributed by atoms with Crippen LogP contribution in [0.2, 0.25) is 0 Å². The summed E-state index contributed by atoms with van der Waals surface area (Å²) in [5.41, 5.74) is 0.914. The van der Waals surface area contributed by atoms with E-state index in [1.165, 1.54) is 0 Å². The van der Waals surface area contributed by atoms with Crippen molar-refractivity contribution < 1.29 is 0 Å². The van der Waals surface area contributed by atoms with Gasteiger partial charge in [-0.15, -0.1) is 0 Å². The maximum absolute atomic E-state index is 11.0. The van der Waals surface area contributed by atoms with Crippen LogP contribution in [0.5, 0.6) is 0 Å². The Hall–Kier alpha value is -0.320. The standard InChI is InChI=1S/C7H8INO/c1-2-5-6(8)3-4-9-7(5)10/h3-4H,2H2,1H3,(H,9,10). The minimum atomic E-state index is 0.0365. The first kappa shape index (κ1) is 7.78. The molecule has 3 heteroatoms. The molecular formula is C7H8INO. The van der Waals surface area contributed by atoms with Crippen molar-refractivity contribution in [3.63, 3.8) is 0 Å². The van der Waals surface area contributed by atoms with Gasteiger partial charge in [-0.1, -0.05) is 6.92 Å². The summed E-state index contributed by atoms with van der Waals surface area (Å²) < 4.78 is 1.05. The summed E-state index contributed by atoms with van der Waals surface area (Å²) in [6.07, 6.45) is 2.47. The van der Waals surface area contributed by atoms with Gasteiger partial charge in [-0.2, -0.15) is 0 Å². The number of aromatic nitrogens is 1. The maximum Gasteiger partial charge on any atom is 0.252 e. The normalized spacial score (nSPS) is 9.80. The first-order valence-electron chi connectivity index (χ1n) is 3.11. The van der Waals surface area contributed by atoms with Gasteiger partial charge in [0.25, 0.3) is 5.56 Å². The average molecular weight is 249 g/mol. The lowest BCUT2D eigenvalue weighted by Crippen LogP contribution is -2.12. The quantitative estimate of drug-likeness (QED) is 0.752. The molecule has 0 saturated carbocycles. The molecule has 1 heterocycles. The van der Waals surface area contributed by atoms with Gasteiger partial charge in [-0.05, 0) is 35.1 Å². The molecule has 0 unspecified atom stereocenters. The predicted octanol–water partition coefficient (Wildman–Crippen LogP) is 1.54. The molecule has 0 saturated heterocycles. The predicted molar refractivity (Wildman–Crippen MR) is 49.2 cm³/mol. The molecular weight excluding hydrogens is 241 g/mol. The molecule has 1 N–H and O–H groups in total. The molecule has 0 atom stereocenters. The van der Waals surface area contributed by atoms with Crippen LogP contribution in [0, 0.1) is 3.57 Å². The smallest absolute Gasteiger partial charge is 0.252 e. The SMILES string of the molecule is CCc1c(I)cc[nH]c1=O. The molecule has 0 aliphatic heterocycles. The lowest BCUT2D eigenvalue weighted by atomic mass is 10.2. The van der Waals surface area contributed by atoms with Crippen LogP contribution in [-0.4, -0.2) is 4.98 Å². The van der Waals surface area contributed by atoms with Crippen LogP contribution in [0.3, 0.4) is 0 Å². The van der Waals surface area contributed by atoms with Crippen molar-refractivity contribution >= 4 is 22.6 Å². The third-order valence-corrected chi connectivity index (χ3v) is 2.37. The molecule has 0 aromatic carbocycles. The van der Waals surface area contributed by atoms with Gasteiger partial charge in [0.2, 0.25) is 0 Å². The van der Waals surface area contributed by atoms with Crippen molar-refractivity contribution in [3.05, 3.63) is 31.8 Å². The lowest BCUT2D eigenvalue weighted by Gasteiger charge is -1.96. The molecule has 0 bridgehead atoms. The number of rotatable bonds is 1. The van der Waals surface area contributed by atoms with Gasteiger partial charge in [0, 0.05) is 15.3 Å². The van der Waals surface area contributed by atoms with Crippen LogP contribution in [0.25, 0.3) is 0 Å². The van der Waals surface area contributed by atoms with Gasteiger partial charge in [0.05, 0.1) is 0 Å². The number of H-pyrrole nitrogens is 1. The van der Waals surface area contributed by atoms with Crippen molar-refractivity contribution in [1.29, 1.82) is 0 Å². The van der Waals surface area contributed by atoms with E-state index in [0.717, 1.165) is 15.6 Å². The fourth-order valence-corrected chi connectivity index (χ4v) is 1.62. The largest absolute Gasteiger partial charge is 0.329 e. The third kappa shape index (κ3) is 1.39. The zero-order valence-electron chi connectivity index (χ0n) is 5.65. The Morgan fingerprint density at radius 3 is 2.80 bits per heavy atom. The van der Waals surface area contributed by atoms with E-state index in [9.17, 15) is 4.79 Å². The van der Waals surface area contributed by atoms with E-state index < -0.39 is 0 Å². The van der Waals surface area contributed by atoms with Crippen LogP contribution >= 0.6 is 22.6 Å². The molecule has 0 amide bonds. The van der Waals surface area contributed by atoms with Crippen LogP contribution in [0.1, 0.15) is 12.5 Å². The van der Waals surface area contributed by atoms with Gasteiger partial charge in [-0.25, -0.2) is 0 Å². The van der Waals surface area contributed by atoms with Gasteiger partial charge in [0.15, 0.2) is 0 Å². The van der Waals surface area contributed by atoms with E-state index in [4.69, 9.17) is 0 Å². The zero-order valence-corrected chi connectivity index (χ0v) is 7.81. The fourth-order valence-electron chi connectivity index (χ4n) is 0.816. The summed E-state index contributed by atoms with van der Waals surface area (Å²) in [5, 5.41) is 0. The molecule has 10 heavy (non-hydrogen) atoms. The topological polar surface area (TPSA) is 32.9 Å². The van der Waals surface area contributed by atoms with E-state index in [0.29, 0.717) is 0 Å². The number of nitrogens with one attached hydrogen (secondary N) is 1. The van der Waals surface area contributed by atoms with E-state index in [-0.39, 0.29) is 5.56 Å². The van der Waals surface area contributed by atoms with Gasteiger partial charge in [0.1, 0.15) is 0 Å². The Bertz CT molecular complexity index is 279. The second kappa shape index (κ2) is 3.18. The summed E-state index contributed by atoms with van der Waals surface area (Å²) in [6.45, 7) is 1.98. The molecule has 0 spiro atoms. The van der Waals surface area contributed by atoms with Gasteiger partial charge < -0.3 is 4.98 Å². The third-order valence-electron chi connectivity index (χ3n) is 1.36. The van der Waals surface area contributed by atoms with E-state index >= 15 is 0 Å². The molecule has 2 nitrogen and oxygen atoms in total. The first-order chi connectivity index (χ1) is 4.75. The highest BCUT2D eigenvalue weighted by Crippen LogP contribution is 2.05.